The van der Waals surface area contributed by atoms with Crippen LogP contribution in [0.25, 0.3) is 0 Å². The highest BCUT2D eigenvalue weighted by molar-refractivity contribution is 4.97. The fourth-order valence-corrected chi connectivity index (χ4v) is 2.12. The van der Waals surface area contributed by atoms with E-state index in [1.54, 1.807) is 0 Å². The third kappa shape index (κ3) is 2.47. The number of nitrogens with one attached hydrogen (secondary N) is 1. The first-order valence-corrected chi connectivity index (χ1v) is 6.27. The Balaban J connectivity index is 2.16. The number of ether oxygens (including phenoxy) is 1. The van der Waals surface area contributed by atoms with E-state index in [1.165, 1.54) is 0 Å². The van der Waals surface area contributed by atoms with Gasteiger partial charge in [0.15, 0.2) is 5.82 Å². The lowest BCUT2D eigenvalue weighted by Crippen LogP contribution is -2.35. The summed E-state index contributed by atoms with van der Waals surface area (Å²) in [6.07, 6.45) is 2.07. The zero-order valence-corrected chi connectivity index (χ0v) is 10.8. The van der Waals surface area contributed by atoms with Crippen molar-refractivity contribution in [2.75, 3.05) is 19.8 Å². The molecule has 2 atom stereocenters. The summed E-state index contributed by atoms with van der Waals surface area (Å²) in [5, 5.41) is 15.5. The molecule has 0 aromatic carbocycles. The van der Waals surface area contributed by atoms with Gasteiger partial charge in [-0.3, -0.25) is 0 Å². The molecule has 1 aromatic rings. The van der Waals surface area contributed by atoms with E-state index in [0.29, 0.717) is 6.61 Å². The molecule has 1 fully saturated rings. The molecule has 0 spiro atoms. The van der Waals surface area contributed by atoms with Crippen LogP contribution < -0.4 is 5.32 Å². The van der Waals surface area contributed by atoms with Crippen LogP contribution in [0.2, 0.25) is 0 Å². The molecule has 17 heavy (non-hydrogen) atoms. The van der Waals surface area contributed by atoms with Crippen molar-refractivity contribution in [2.24, 2.45) is 0 Å². The Hall–Kier alpha value is -1.01. The van der Waals surface area contributed by atoms with E-state index in [0.717, 1.165) is 31.8 Å². The normalized spacial score (nSPS) is 26.3. The van der Waals surface area contributed by atoms with E-state index in [4.69, 9.17) is 4.74 Å². The summed E-state index contributed by atoms with van der Waals surface area (Å²) >= 11 is 0. The molecule has 2 heterocycles. The van der Waals surface area contributed by atoms with Gasteiger partial charge in [0.1, 0.15) is 0 Å². The molecule has 0 amide bonds. The predicted octanol–water partition coefficient (Wildman–Crippen LogP) is 0.869. The molecular formula is C11H21N5O. The molecule has 1 N–H and O–H groups in total. The van der Waals surface area contributed by atoms with Crippen molar-refractivity contribution in [1.82, 2.24) is 25.5 Å². The fraction of sp³-hybridized carbons (Fsp3) is 0.909. The van der Waals surface area contributed by atoms with E-state index in [1.807, 2.05) is 4.68 Å². The van der Waals surface area contributed by atoms with Gasteiger partial charge in [-0.15, -0.1) is 5.10 Å². The van der Waals surface area contributed by atoms with Crippen LogP contribution in [0.1, 0.15) is 45.5 Å². The average molecular weight is 239 g/mol. The molecule has 0 saturated carbocycles. The molecule has 1 aliphatic heterocycles. The number of aromatic nitrogens is 4. The van der Waals surface area contributed by atoms with Crippen LogP contribution in [0.5, 0.6) is 0 Å². The molecule has 6 heteroatoms. The van der Waals surface area contributed by atoms with Crippen LogP contribution in [0, 0.1) is 0 Å². The molecule has 2 unspecified atom stereocenters. The van der Waals surface area contributed by atoms with Crippen molar-refractivity contribution in [1.29, 1.82) is 0 Å². The molecule has 2 rings (SSSR count). The van der Waals surface area contributed by atoms with Gasteiger partial charge < -0.3 is 10.1 Å². The number of hydrogen-bond acceptors (Lipinski definition) is 5. The van der Waals surface area contributed by atoms with Crippen molar-refractivity contribution in [3.8, 4) is 0 Å². The Labute approximate surface area is 102 Å². The summed E-state index contributed by atoms with van der Waals surface area (Å²) in [4.78, 5) is 0. The summed E-state index contributed by atoms with van der Waals surface area (Å²) < 4.78 is 7.39. The van der Waals surface area contributed by atoms with Crippen molar-refractivity contribution >= 4 is 0 Å². The SMILES string of the molecule is CCCNC(C)c1nnnn1C1(C)CCOC1. The number of tetrazole rings is 1. The second-order valence-corrected chi connectivity index (χ2v) is 4.92. The standard InChI is InChI=1S/C11H21N5O/c1-4-6-12-9(2)10-13-14-15-16(10)11(3)5-7-17-8-11/h9,12H,4-8H2,1-3H3. The van der Waals surface area contributed by atoms with Crippen LogP contribution in [-0.4, -0.2) is 40.0 Å². The Morgan fingerprint density at radius 2 is 2.41 bits per heavy atom. The van der Waals surface area contributed by atoms with Gasteiger partial charge in [0.05, 0.1) is 18.2 Å². The summed E-state index contributed by atoms with van der Waals surface area (Å²) in [6, 6.07) is 0.169. The average Bonchev–Trinajstić information content (AvgIpc) is 2.94. The van der Waals surface area contributed by atoms with E-state index in [-0.39, 0.29) is 11.6 Å². The quantitative estimate of drug-likeness (QED) is 0.826. The predicted molar refractivity (Wildman–Crippen MR) is 63.6 cm³/mol. The number of hydrogen-bond donors (Lipinski definition) is 1. The second-order valence-electron chi connectivity index (χ2n) is 4.92. The largest absolute Gasteiger partial charge is 0.379 e. The maximum atomic E-state index is 5.46. The molecule has 1 aliphatic rings. The van der Waals surface area contributed by atoms with Crippen LogP contribution in [-0.2, 0) is 10.3 Å². The highest BCUT2D eigenvalue weighted by Crippen LogP contribution is 2.27. The maximum Gasteiger partial charge on any atom is 0.168 e. The third-order valence-corrected chi connectivity index (χ3v) is 3.29. The van der Waals surface area contributed by atoms with E-state index >= 15 is 0 Å². The molecule has 0 bridgehead atoms. The first kappa shape index (κ1) is 12.4. The van der Waals surface area contributed by atoms with Gasteiger partial charge in [0.25, 0.3) is 0 Å². The summed E-state index contributed by atoms with van der Waals surface area (Å²) in [6.45, 7) is 8.83. The topological polar surface area (TPSA) is 64.9 Å². The van der Waals surface area contributed by atoms with E-state index < -0.39 is 0 Å². The zero-order chi connectivity index (χ0) is 12.3. The van der Waals surface area contributed by atoms with E-state index in [2.05, 4.69) is 41.6 Å². The minimum absolute atomic E-state index is 0.0962. The molecule has 0 aliphatic carbocycles. The van der Waals surface area contributed by atoms with E-state index in [9.17, 15) is 0 Å². The highest BCUT2D eigenvalue weighted by Gasteiger charge is 2.36. The fourth-order valence-electron chi connectivity index (χ4n) is 2.12. The number of nitrogens with zero attached hydrogens (tertiary/aromatic N) is 4. The number of rotatable bonds is 5. The first-order valence-electron chi connectivity index (χ1n) is 6.27. The van der Waals surface area contributed by atoms with Gasteiger partial charge in [-0.1, -0.05) is 6.92 Å². The van der Waals surface area contributed by atoms with Gasteiger partial charge in [-0.05, 0) is 43.7 Å². The molecule has 6 nitrogen and oxygen atoms in total. The van der Waals surface area contributed by atoms with Crippen molar-refractivity contribution in [3.63, 3.8) is 0 Å². The van der Waals surface area contributed by atoms with Gasteiger partial charge in [0, 0.05) is 6.61 Å². The highest BCUT2D eigenvalue weighted by atomic mass is 16.5. The molecule has 1 aromatic heterocycles. The summed E-state index contributed by atoms with van der Waals surface area (Å²) in [5.41, 5.74) is -0.0962. The van der Waals surface area contributed by atoms with Crippen LogP contribution in [0.3, 0.4) is 0 Å². The van der Waals surface area contributed by atoms with Gasteiger partial charge in [-0.25, -0.2) is 4.68 Å². The lowest BCUT2D eigenvalue weighted by atomic mass is 10.0. The van der Waals surface area contributed by atoms with Gasteiger partial charge in [-0.2, -0.15) is 0 Å². The Morgan fingerprint density at radius 1 is 1.59 bits per heavy atom. The minimum atomic E-state index is -0.0962. The maximum absolute atomic E-state index is 5.46. The van der Waals surface area contributed by atoms with Crippen molar-refractivity contribution in [2.45, 2.75) is 45.2 Å². The molecule has 0 radical (unpaired) electrons. The van der Waals surface area contributed by atoms with Crippen molar-refractivity contribution in [3.05, 3.63) is 5.82 Å². The van der Waals surface area contributed by atoms with Crippen LogP contribution >= 0.6 is 0 Å². The summed E-state index contributed by atoms with van der Waals surface area (Å²) in [7, 11) is 0. The van der Waals surface area contributed by atoms with Crippen LogP contribution in [0.15, 0.2) is 0 Å². The monoisotopic (exact) mass is 239 g/mol. The Morgan fingerprint density at radius 3 is 3.06 bits per heavy atom. The first-order chi connectivity index (χ1) is 8.17. The van der Waals surface area contributed by atoms with Gasteiger partial charge >= 0.3 is 0 Å². The molecular weight excluding hydrogens is 218 g/mol. The lowest BCUT2D eigenvalue weighted by molar-refractivity contribution is 0.152. The Kier molecular flexibility index (Phi) is 3.73. The van der Waals surface area contributed by atoms with Crippen LogP contribution in [0.4, 0.5) is 0 Å². The summed E-state index contributed by atoms with van der Waals surface area (Å²) in [5.74, 6) is 0.895. The van der Waals surface area contributed by atoms with Gasteiger partial charge in [0.2, 0.25) is 0 Å². The molecule has 96 valence electrons. The minimum Gasteiger partial charge on any atom is -0.379 e. The third-order valence-electron chi connectivity index (χ3n) is 3.29. The Bertz CT molecular complexity index is 358. The molecule has 1 saturated heterocycles. The zero-order valence-electron chi connectivity index (χ0n) is 10.8. The van der Waals surface area contributed by atoms with Crippen molar-refractivity contribution < 1.29 is 4.74 Å². The smallest absolute Gasteiger partial charge is 0.168 e. The second kappa shape index (κ2) is 5.10. The lowest BCUT2D eigenvalue weighted by Gasteiger charge is -2.25.